The molecule has 1 saturated carbocycles. The van der Waals surface area contributed by atoms with Crippen LogP contribution in [0, 0.1) is 11.7 Å². The third-order valence-corrected chi connectivity index (χ3v) is 5.21. The van der Waals surface area contributed by atoms with Gasteiger partial charge in [0.1, 0.15) is 0 Å². The van der Waals surface area contributed by atoms with E-state index in [0.717, 1.165) is 25.1 Å². The van der Waals surface area contributed by atoms with E-state index >= 15 is 0 Å². The molecular weight excluding hydrogens is 498 g/mol. The zero-order valence-corrected chi connectivity index (χ0v) is 19.4. The molecule has 1 unspecified atom stereocenters. The lowest BCUT2D eigenvalue weighted by Gasteiger charge is -2.20. The lowest BCUT2D eigenvalue weighted by atomic mass is 10.2. The Morgan fingerprint density at radius 1 is 1.27 bits per heavy atom. The molecule has 2 aliphatic rings. The molecule has 0 aromatic carbocycles. The third kappa shape index (κ3) is 6.16. The lowest BCUT2D eigenvalue weighted by molar-refractivity contribution is 0.288. The molecule has 9 heteroatoms. The molecule has 162 valence electrons. The fourth-order valence-corrected chi connectivity index (χ4v) is 3.34. The van der Waals surface area contributed by atoms with E-state index in [1.807, 2.05) is 23.2 Å². The Morgan fingerprint density at radius 3 is 2.83 bits per heavy atom. The van der Waals surface area contributed by atoms with Crippen LogP contribution in [-0.4, -0.2) is 48.7 Å². The van der Waals surface area contributed by atoms with E-state index < -0.39 is 0 Å². The number of rotatable bonds is 7. The van der Waals surface area contributed by atoms with Crippen LogP contribution in [-0.2, 0) is 6.54 Å². The Labute approximate surface area is 193 Å². The molecular formula is C21H28FIN6O. The van der Waals surface area contributed by atoms with Gasteiger partial charge < -0.3 is 20.3 Å². The molecule has 7 nitrogen and oxygen atoms in total. The van der Waals surface area contributed by atoms with Gasteiger partial charge in [-0.05, 0) is 42.9 Å². The average molecular weight is 526 g/mol. The van der Waals surface area contributed by atoms with Crippen molar-refractivity contribution < 1.29 is 9.13 Å². The SMILES string of the molecule is CN=C(NCc1ccc(OCC2CC2)nc1)NC1CCN(c2ncccc2F)C1.I. The van der Waals surface area contributed by atoms with Gasteiger partial charge in [-0.25, -0.2) is 14.4 Å². The summed E-state index contributed by atoms with van der Waals surface area (Å²) in [7, 11) is 1.74. The molecule has 1 aliphatic heterocycles. The number of nitrogens with one attached hydrogen (secondary N) is 2. The van der Waals surface area contributed by atoms with Crippen LogP contribution in [0.1, 0.15) is 24.8 Å². The average Bonchev–Trinajstić information content (AvgIpc) is 3.47. The zero-order chi connectivity index (χ0) is 20.1. The summed E-state index contributed by atoms with van der Waals surface area (Å²) in [4.78, 5) is 14.8. The van der Waals surface area contributed by atoms with Crippen molar-refractivity contribution in [3.8, 4) is 5.88 Å². The van der Waals surface area contributed by atoms with Gasteiger partial charge in [-0.15, -0.1) is 24.0 Å². The van der Waals surface area contributed by atoms with E-state index in [2.05, 4.69) is 25.6 Å². The lowest BCUT2D eigenvalue weighted by Crippen LogP contribution is -2.44. The first-order valence-electron chi connectivity index (χ1n) is 10.1. The summed E-state index contributed by atoms with van der Waals surface area (Å²) >= 11 is 0. The van der Waals surface area contributed by atoms with E-state index in [4.69, 9.17) is 4.74 Å². The first-order chi connectivity index (χ1) is 14.2. The predicted molar refractivity (Wildman–Crippen MR) is 126 cm³/mol. The largest absolute Gasteiger partial charge is 0.477 e. The summed E-state index contributed by atoms with van der Waals surface area (Å²) < 4.78 is 19.6. The van der Waals surface area contributed by atoms with Crippen LogP contribution in [0.25, 0.3) is 0 Å². The molecule has 1 aliphatic carbocycles. The van der Waals surface area contributed by atoms with E-state index in [9.17, 15) is 4.39 Å². The van der Waals surface area contributed by atoms with Crippen molar-refractivity contribution in [2.24, 2.45) is 10.9 Å². The summed E-state index contributed by atoms with van der Waals surface area (Å²) in [6.07, 6.45) is 6.87. The first kappa shape index (κ1) is 22.5. The molecule has 0 amide bonds. The number of anilines is 1. The number of ether oxygens (including phenoxy) is 1. The van der Waals surface area contributed by atoms with Crippen molar-refractivity contribution in [3.05, 3.63) is 48.0 Å². The van der Waals surface area contributed by atoms with Gasteiger partial charge >= 0.3 is 0 Å². The van der Waals surface area contributed by atoms with Crippen LogP contribution in [0.15, 0.2) is 41.7 Å². The van der Waals surface area contributed by atoms with Crippen molar-refractivity contribution in [2.75, 3.05) is 31.6 Å². The van der Waals surface area contributed by atoms with Gasteiger partial charge in [0.15, 0.2) is 17.6 Å². The maximum absolute atomic E-state index is 13.9. The molecule has 1 atom stereocenters. The van der Waals surface area contributed by atoms with Crippen molar-refractivity contribution in [2.45, 2.75) is 31.8 Å². The number of pyridine rings is 2. The molecule has 1 saturated heterocycles. The minimum atomic E-state index is -0.285. The van der Waals surface area contributed by atoms with Crippen molar-refractivity contribution in [3.63, 3.8) is 0 Å². The fraction of sp³-hybridized carbons (Fsp3) is 0.476. The standard InChI is InChI=1S/C21H27FN6O.HI/c1-23-21(26-12-16-6-7-19(25-11-16)29-14-15-4-5-15)27-17-8-10-28(13-17)20-18(22)3-2-9-24-20;/h2-3,6-7,9,11,15,17H,4-5,8,10,12-14H2,1H3,(H2,23,26,27);1H. The molecule has 0 radical (unpaired) electrons. The number of aromatic nitrogens is 2. The highest BCUT2D eigenvalue weighted by atomic mass is 127. The van der Waals surface area contributed by atoms with Crippen LogP contribution in [0.5, 0.6) is 5.88 Å². The van der Waals surface area contributed by atoms with Crippen LogP contribution in [0.2, 0.25) is 0 Å². The normalized spacial score (nSPS) is 18.7. The van der Waals surface area contributed by atoms with Crippen LogP contribution in [0.4, 0.5) is 10.2 Å². The summed E-state index contributed by atoms with van der Waals surface area (Å²) in [6.45, 7) is 2.82. The van der Waals surface area contributed by atoms with Crippen molar-refractivity contribution >= 4 is 35.8 Å². The molecule has 2 aromatic heterocycles. The Hall–Kier alpha value is -2.17. The Morgan fingerprint density at radius 2 is 2.13 bits per heavy atom. The van der Waals surface area contributed by atoms with E-state index in [0.29, 0.717) is 36.7 Å². The Bertz CT molecular complexity index is 846. The van der Waals surface area contributed by atoms with Crippen LogP contribution in [0.3, 0.4) is 0 Å². The van der Waals surface area contributed by atoms with Crippen LogP contribution >= 0.6 is 24.0 Å². The highest BCUT2D eigenvalue weighted by molar-refractivity contribution is 14.0. The zero-order valence-electron chi connectivity index (χ0n) is 17.1. The highest BCUT2D eigenvalue weighted by Gasteiger charge is 2.26. The van der Waals surface area contributed by atoms with Gasteiger partial charge in [-0.2, -0.15) is 0 Å². The monoisotopic (exact) mass is 526 g/mol. The van der Waals surface area contributed by atoms with E-state index in [-0.39, 0.29) is 35.8 Å². The van der Waals surface area contributed by atoms with Crippen molar-refractivity contribution in [1.82, 2.24) is 20.6 Å². The van der Waals surface area contributed by atoms with Crippen molar-refractivity contribution in [1.29, 1.82) is 0 Å². The number of nitrogens with zero attached hydrogens (tertiary/aromatic N) is 4. The molecule has 3 heterocycles. The van der Waals surface area contributed by atoms with Gasteiger partial charge in [0.25, 0.3) is 0 Å². The fourth-order valence-electron chi connectivity index (χ4n) is 3.34. The Balaban J connectivity index is 0.00000256. The molecule has 30 heavy (non-hydrogen) atoms. The first-order valence-corrected chi connectivity index (χ1v) is 10.1. The quantitative estimate of drug-likeness (QED) is 0.329. The highest BCUT2D eigenvalue weighted by Crippen LogP contribution is 2.29. The smallest absolute Gasteiger partial charge is 0.213 e. The molecule has 2 aromatic rings. The minimum absolute atomic E-state index is 0. The summed E-state index contributed by atoms with van der Waals surface area (Å²) in [5.41, 5.74) is 1.05. The predicted octanol–water partition coefficient (Wildman–Crippen LogP) is 2.97. The van der Waals surface area contributed by atoms with E-state index in [1.165, 1.54) is 18.9 Å². The maximum atomic E-state index is 13.9. The van der Waals surface area contributed by atoms with Gasteiger partial charge in [-0.1, -0.05) is 6.07 Å². The molecule has 2 fully saturated rings. The summed E-state index contributed by atoms with van der Waals surface area (Å²) in [6, 6.07) is 7.15. The Kier molecular flexibility index (Phi) is 8.06. The second kappa shape index (κ2) is 10.7. The van der Waals surface area contributed by atoms with Gasteiger partial charge in [-0.3, -0.25) is 4.99 Å². The van der Waals surface area contributed by atoms with Gasteiger partial charge in [0.05, 0.1) is 6.61 Å². The second-order valence-corrected chi connectivity index (χ2v) is 7.57. The van der Waals surface area contributed by atoms with Gasteiger partial charge in [0.2, 0.25) is 5.88 Å². The number of hydrogen-bond donors (Lipinski definition) is 2. The topological polar surface area (TPSA) is 74.7 Å². The third-order valence-electron chi connectivity index (χ3n) is 5.21. The molecule has 0 spiro atoms. The summed E-state index contributed by atoms with van der Waals surface area (Å²) in [5, 5.41) is 6.72. The van der Waals surface area contributed by atoms with E-state index in [1.54, 1.807) is 19.3 Å². The number of hydrogen-bond acceptors (Lipinski definition) is 5. The number of halogens is 2. The minimum Gasteiger partial charge on any atom is -0.477 e. The number of aliphatic imine (C=N–C) groups is 1. The van der Waals surface area contributed by atoms with Gasteiger partial charge in [0, 0.05) is 51.2 Å². The molecule has 2 N–H and O–H groups in total. The maximum Gasteiger partial charge on any atom is 0.213 e. The second-order valence-electron chi connectivity index (χ2n) is 7.57. The molecule has 0 bridgehead atoms. The molecule has 4 rings (SSSR count). The number of guanidine groups is 1. The van der Waals surface area contributed by atoms with Crippen LogP contribution < -0.4 is 20.3 Å². The summed E-state index contributed by atoms with van der Waals surface area (Å²) in [5.74, 6) is 2.24.